The molecule has 15 heavy (non-hydrogen) atoms. The van der Waals surface area contributed by atoms with Crippen LogP contribution in [0.3, 0.4) is 0 Å². The fourth-order valence-corrected chi connectivity index (χ4v) is 1.59. The van der Waals surface area contributed by atoms with Crippen LogP contribution in [0.15, 0.2) is 47.1 Å². The van der Waals surface area contributed by atoms with Crippen molar-refractivity contribution in [2.24, 2.45) is 0 Å². The van der Waals surface area contributed by atoms with Gasteiger partial charge in [0.2, 0.25) is 0 Å². The summed E-state index contributed by atoms with van der Waals surface area (Å²) < 4.78 is 5.34. The van der Waals surface area contributed by atoms with Gasteiger partial charge in [0.1, 0.15) is 5.76 Å². The molecule has 0 aliphatic heterocycles. The molecule has 1 N–H and O–H groups in total. The van der Waals surface area contributed by atoms with E-state index >= 15 is 0 Å². The van der Waals surface area contributed by atoms with Gasteiger partial charge in [-0.1, -0.05) is 12.1 Å². The van der Waals surface area contributed by atoms with Crippen molar-refractivity contribution in [1.29, 1.82) is 0 Å². The van der Waals surface area contributed by atoms with Crippen LogP contribution in [0.1, 0.15) is 24.3 Å². The summed E-state index contributed by atoms with van der Waals surface area (Å²) in [5, 5.41) is 3.39. The van der Waals surface area contributed by atoms with Crippen LogP contribution in [-0.4, -0.2) is 0 Å². The molecule has 0 aliphatic rings. The standard InChI is InChI=1S/C13H15NO/c1-10-5-3-6-12(9-10)14-11(2)13-7-4-8-15-13/h3-9,11,14H,1-2H3. The maximum absolute atomic E-state index is 5.34. The fourth-order valence-electron chi connectivity index (χ4n) is 1.59. The molecule has 2 rings (SSSR count). The molecule has 78 valence electrons. The highest BCUT2D eigenvalue weighted by Crippen LogP contribution is 2.19. The van der Waals surface area contributed by atoms with Gasteiger partial charge in [-0.25, -0.2) is 0 Å². The normalized spacial score (nSPS) is 12.4. The molecule has 1 atom stereocenters. The quantitative estimate of drug-likeness (QED) is 0.817. The molecule has 0 radical (unpaired) electrons. The summed E-state index contributed by atoms with van der Waals surface area (Å²) >= 11 is 0. The highest BCUT2D eigenvalue weighted by Gasteiger charge is 2.07. The van der Waals surface area contributed by atoms with Gasteiger partial charge < -0.3 is 9.73 Å². The molecule has 0 aliphatic carbocycles. The van der Waals surface area contributed by atoms with Crippen molar-refractivity contribution in [3.05, 3.63) is 54.0 Å². The number of anilines is 1. The summed E-state index contributed by atoms with van der Waals surface area (Å²) in [7, 11) is 0. The molecule has 2 aromatic rings. The highest BCUT2D eigenvalue weighted by molar-refractivity contribution is 5.46. The lowest BCUT2D eigenvalue weighted by Crippen LogP contribution is -2.05. The van der Waals surface area contributed by atoms with Crippen molar-refractivity contribution in [3.63, 3.8) is 0 Å². The van der Waals surface area contributed by atoms with Crippen LogP contribution in [0.4, 0.5) is 5.69 Å². The number of hydrogen-bond acceptors (Lipinski definition) is 2. The Labute approximate surface area is 89.9 Å². The Morgan fingerprint density at radius 3 is 2.73 bits per heavy atom. The lowest BCUT2D eigenvalue weighted by Gasteiger charge is -2.13. The second-order valence-corrected chi connectivity index (χ2v) is 3.75. The van der Waals surface area contributed by atoms with Crippen molar-refractivity contribution in [3.8, 4) is 0 Å². The van der Waals surface area contributed by atoms with E-state index in [4.69, 9.17) is 4.42 Å². The Bertz CT molecular complexity index is 420. The molecule has 1 aromatic heterocycles. The summed E-state index contributed by atoms with van der Waals surface area (Å²) in [4.78, 5) is 0. The summed E-state index contributed by atoms with van der Waals surface area (Å²) in [5.41, 5.74) is 2.38. The molecule has 2 heteroatoms. The van der Waals surface area contributed by atoms with E-state index in [1.807, 2.05) is 18.2 Å². The molecule has 0 saturated carbocycles. The minimum atomic E-state index is 0.196. The number of benzene rings is 1. The zero-order valence-electron chi connectivity index (χ0n) is 9.03. The first kappa shape index (κ1) is 9.84. The van der Waals surface area contributed by atoms with Crippen LogP contribution in [-0.2, 0) is 0 Å². The smallest absolute Gasteiger partial charge is 0.125 e. The first-order valence-electron chi connectivity index (χ1n) is 5.12. The second-order valence-electron chi connectivity index (χ2n) is 3.75. The first-order valence-corrected chi connectivity index (χ1v) is 5.12. The van der Waals surface area contributed by atoms with Crippen LogP contribution < -0.4 is 5.32 Å². The van der Waals surface area contributed by atoms with Gasteiger partial charge in [0, 0.05) is 5.69 Å². The van der Waals surface area contributed by atoms with E-state index in [9.17, 15) is 0 Å². The van der Waals surface area contributed by atoms with Crippen molar-refractivity contribution in [2.45, 2.75) is 19.9 Å². The number of hydrogen-bond donors (Lipinski definition) is 1. The maximum atomic E-state index is 5.34. The average Bonchev–Trinajstić information content (AvgIpc) is 2.70. The van der Waals surface area contributed by atoms with E-state index in [-0.39, 0.29) is 6.04 Å². The summed E-state index contributed by atoms with van der Waals surface area (Å²) in [6, 6.07) is 12.4. The number of nitrogens with one attached hydrogen (secondary N) is 1. The number of aryl methyl sites for hydroxylation is 1. The molecular formula is C13H15NO. The first-order chi connectivity index (χ1) is 7.25. The van der Waals surface area contributed by atoms with Crippen LogP contribution in [0, 0.1) is 6.92 Å². The van der Waals surface area contributed by atoms with Gasteiger partial charge in [0.15, 0.2) is 0 Å². The van der Waals surface area contributed by atoms with E-state index in [1.54, 1.807) is 6.26 Å². The Hall–Kier alpha value is -1.70. The Kier molecular flexibility index (Phi) is 2.77. The molecule has 0 bridgehead atoms. The molecule has 1 unspecified atom stereocenters. The predicted molar refractivity (Wildman–Crippen MR) is 61.9 cm³/mol. The van der Waals surface area contributed by atoms with Crippen molar-refractivity contribution in [1.82, 2.24) is 0 Å². The van der Waals surface area contributed by atoms with Gasteiger partial charge in [-0.05, 0) is 43.7 Å². The van der Waals surface area contributed by atoms with Crippen molar-refractivity contribution < 1.29 is 4.42 Å². The van der Waals surface area contributed by atoms with Gasteiger partial charge in [-0.3, -0.25) is 0 Å². The van der Waals surface area contributed by atoms with E-state index in [2.05, 4.69) is 37.4 Å². The molecule has 1 heterocycles. The second kappa shape index (κ2) is 4.22. The third-order valence-corrected chi connectivity index (χ3v) is 2.37. The number of furan rings is 1. The summed E-state index contributed by atoms with van der Waals surface area (Å²) in [5.74, 6) is 0.955. The minimum Gasteiger partial charge on any atom is -0.467 e. The van der Waals surface area contributed by atoms with Crippen molar-refractivity contribution >= 4 is 5.69 Å². The molecule has 0 saturated heterocycles. The van der Waals surface area contributed by atoms with Crippen LogP contribution in [0.2, 0.25) is 0 Å². The Balaban J connectivity index is 2.09. The molecule has 1 aromatic carbocycles. The van der Waals surface area contributed by atoms with E-state index in [1.165, 1.54) is 5.56 Å². The Morgan fingerprint density at radius 1 is 1.20 bits per heavy atom. The fraction of sp³-hybridized carbons (Fsp3) is 0.231. The Morgan fingerprint density at radius 2 is 2.07 bits per heavy atom. The van der Waals surface area contributed by atoms with Crippen LogP contribution in [0.5, 0.6) is 0 Å². The van der Waals surface area contributed by atoms with E-state index in [0.29, 0.717) is 0 Å². The van der Waals surface area contributed by atoms with Gasteiger partial charge in [0.05, 0.1) is 12.3 Å². The van der Waals surface area contributed by atoms with Crippen molar-refractivity contribution in [2.75, 3.05) is 5.32 Å². The molecule has 0 fully saturated rings. The average molecular weight is 201 g/mol. The van der Waals surface area contributed by atoms with Gasteiger partial charge in [0.25, 0.3) is 0 Å². The topological polar surface area (TPSA) is 25.2 Å². The molecule has 0 amide bonds. The zero-order chi connectivity index (χ0) is 10.7. The van der Waals surface area contributed by atoms with Crippen LogP contribution in [0.25, 0.3) is 0 Å². The largest absolute Gasteiger partial charge is 0.467 e. The predicted octanol–water partition coefficient (Wildman–Crippen LogP) is 3.76. The molecular weight excluding hydrogens is 186 g/mol. The third-order valence-electron chi connectivity index (χ3n) is 2.37. The van der Waals surface area contributed by atoms with Crippen LogP contribution >= 0.6 is 0 Å². The van der Waals surface area contributed by atoms with Gasteiger partial charge in [-0.2, -0.15) is 0 Å². The van der Waals surface area contributed by atoms with E-state index in [0.717, 1.165) is 11.4 Å². The lowest BCUT2D eigenvalue weighted by atomic mass is 10.2. The van der Waals surface area contributed by atoms with Gasteiger partial charge in [-0.15, -0.1) is 0 Å². The monoisotopic (exact) mass is 201 g/mol. The molecule has 0 spiro atoms. The zero-order valence-corrected chi connectivity index (χ0v) is 9.03. The molecule has 2 nitrogen and oxygen atoms in total. The minimum absolute atomic E-state index is 0.196. The highest BCUT2D eigenvalue weighted by atomic mass is 16.3. The SMILES string of the molecule is Cc1cccc(NC(C)c2ccco2)c1. The summed E-state index contributed by atoms with van der Waals surface area (Å²) in [6.07, 6.45) is 1.70. The van der Waals surface area contributed by atoms with Gasteiger partial charge >= 0.3 is 0 Å². The third kappa shape index (κ3) is 2.40. The maximum Gasteiger partial charge on any atom is 0.125 e. The summed E-state index contributed by atoms with van der Waals surface area (Å²) in [6.45, 7) is 4.17. The van der Waals surface area contributed by atoms with E-state index < -0.39 is 0 Å². The lowest BCUT2D eigenvalue weighted by molar-refractivity contribution is 0.490. The number of rotatable bonds is 3.